The average molecular weight is 298 g/mol. The van der Waals surface area contributed by atoms with E-state index < -0.39 is 5.60 Å². The number of anilines is 2. The van der Waals surface area contributed by atoms with Gasteiger partial charge in [-0.3, -0.25) is 4.79 Å². The smallest absolute Gasteiger partial charge is 0.267 e. The van der Waals surface area contributed by atoms with E-state index in [0.717, 1.165) is 25.8 Å². The summed E-state index contributed by atoms with van der Waals surface area (Å²) in [5, 5.41) is 13.9. The highest BCUT2D eigenvalue weighted by Gasteiger charge is 2.32. The summed E-state index contributed by atoms with van der Waals surface area (Å²) in [5.74, 6) is 0.133. The van der Waals surface area contributed by atoms with Gasteiger partial charge in [0.15, 0.2) is 5.13 Å². The van der Waals surface area contributed by atoms with Crippen LogP contribution in [-0.4, -0.2) is 46.1 Å². The topological polar surface area (TPSA) is 91.5 Å². The number of nitrogens with zero attached hydrogens (tertiary/aromatic N) is 2. The molecular weight excluding hydrogens is 276 g/mol. The highest BCUT2D eigenvalue weighted by molar-refractivity contribution is 7.18. The van der Waals surface area contributed by atoms with Crippen molar-refractivity contribution in [2.45, 2.75) is 38.7 Å². The van der Waals surface area contributed by atoms with Crippen LogP contribution in [0, 0.1) is 0 Å². The third-order valence-electron chi connectivity index (χ3n) is 3.34. The van der Waals surface area contributed by atoms with Gasteiger partial charge in [-0.05, 0) is 26.2 Å². The number of nitrogens with two attached hydrogens (primary N) is 1. The Balaban J connectivity index is 2.10. The molecule has 7 heteroatoms. The van der Waals surface area contributed by atoms with Gasteiger partial charge in [0.1, 0.15) is 10.7 Å². The van der Waals surface area contributed by atoms with Crippen molar-refractivity contribution in [2.75, 3.05) is 30.7 Å². The lowest BCUT2D eigenvalue weighted by Crippen LogP contribution is -2.48. The molecule has 6 nitrogen and oxygen atoms in total. The van der Waals surface area contributed by atoms with Crippen molar-refractivity contribution < 1.29 is 9.90 Å². The summed E-state index contributed by atoms with van der Waals surface area (Å²) >= 11 is 1.28. The Hall–Kier alpha value is -1.34. The molecule has 0 spiro atoms. The van der Waals surface area contributed by atoms with E-state index in [4.69, 9.17) is 5.73 Å². The van der Waals surface area contributed by atoms with Crippen LogP contribution < -0.4 is 11.1 Å². The summed E-state index contributed by atoms with van der Waals surface area (Å²) in [4.78, 5) is 18.8. The molecule has 112 valence electrons. The Morgan fingerprint density at radius 1 is 1.65 bits per heavy atom. The molecule has 1 amide bonds. The summed E-state index contributed by atoms with van der Waals surface area (Å²) in [7, 11) is 0. The standard InChI is InChI=1S/C13H22N4O2S/c1-3-6-15-12-16-10(14)9(20-12)11(18)17-7-4-5-13(2,19)8-17/h19H,3-8,14H2,1-2H3,(H,15,16). The lowest BCUT2D eigenvalue weighted by molar-refractivity contribution is -0.0105. The fraction of sp³-hybridized carbons (Fsp3) is 0.692. The molecule has 20 heavy (non-hydrogen) atoms. The van der Waals surface area contributed by atoms with Crippen molar-refractivity contribution in [3.63, 3.8) is 0 Å². The predicted molar refractivity (Wildman–Crippen MR) is 81.1 cm³/mol. The van der Waals surface area contributed by atoms with E-state index in [0.29, 0.717) is 23.1 Å². The van der Waals surface area contributed by atoms with Crippen molar-refractivity contribution >= 4 is 28.2 Å². The van der Waals surface area contributed by atoms with Crippen LogP contribution in [0.4, 0.5) is 10.9 Å². The summed E-state index contributed by atoms with van der Waals surface area (Å²) in [6.45, 7) is 5.63. The van der Waals surface area contributed by atoms with Gasteiger partial charge in [0.05, 0.1) is 5.60 Å². The quantitative estimate of drug-likeness (QED) is 0.784. The summed E-state index contributed by atoms with van der Waals surface area (Å²) < 4.78 is 0. The zero-order valence-corrected chi connectivity index (χ0v) is 12.8. The molecule has 0 bridgehead atoms. The number of aliphatic hydroxyl groups is 1. The van der Waals surface area contributed by atoms with Gasteiger partial charge in [-0.25, -0.2) is 4.98 Å². The Morgan fingerprint density at radius 2 is 2.40 bits per heavy atom. The van der Waals surface area contributed by atoms with Crippen molar-refractivity contribution in [3.05, 3.63) is 4.88 Å². The number of nitrogens with one attached hydrogen (secondary N) is 1. The molecule has 1 saturated heterocycles. The van der Waals surface area contributed by atoms with Crippen molar-refractivity contribution in [3.8, 4) is 0 Å². The molecule has 4 N–H and O–H groups in total. The molecule has 0 saturated carbocycles. The minimum atomic E-state index is -0.809. The van der Waals surface area contributed by atoms with Crippen LogP contribution in [0.2, 0.25) is 0 Å². The first-order chi connectivity index (χ1) is 9.43. The van der Waals surface area contributed by atoms with Gasteiger partial charge in [-0.1, -0.05) is 18.3 Å². The maximum absolute atomic E-state index is 12.5. The lowest BCUT2D eigenvalue weighted by atomic mass is 9.95. The number of hydrogen-bond acceptors (Lipinski definition) is 6. The molecule has 1 aliphatic rings. The zero-order chi connectivity index (χ0) is 14.8. The molecule has 1 aromatic heterocycles. The second-order valence-electron chi connectivity index (χ2n) is 5.49. The number of carbonyl (C=O) groups is 1. The van der Waals surface area contributed by atoms with Gasteiger partial charge in [0.25, 0.3) is 5.91 Å². The number of carbonyl (C=O) groups excluding carboxylic acids is 1. The van der Waals surface area contributed by atoms with Gasteiger partial charge >= 0.3 is 0 Å². The second kappa shape index (κ2) is 5.97. The molecule has 1 aliphatic heterocycles. The third-order valence-corrected chi connectivity index (χ3v) is 4.35. The largest absolute Gasteiger partial charge is 0.388 e. The van der Waals surface area contributed by atoms with Crippen LogP contribution in [0.1, 0.15) is 42.8 Å². The molecule has 2 rings (SSSR count). The number of thiazole rings is 1. The van der Waals surface area contributed by atoms with Gasteiger partial charge < -0.3 is 21.1 Å². The van der Waals surface area contributed by atoms with Crippen molar-refractivity contribution in [1.29, 1.82) is 0 Å². The van der Waals surface area contributed by atoms with E-state index in [1.54, 1.807) is 11.8 Å². The number of likely N-dealkylation sites (tertiary alicyclic amines) is 1. The number of amides is 1. The molecule has 1 fully saturated rings. The van der Waals surface area contributed by atoms with E-state index in [-0.39, 0.29) is 11.7 Å². The summed E-state index contributed by atoms with van der Waals surface area (Å²) in [5.41, 5.74) is 5.03. The van der Waals surface area contributed by atoms with E-state index in [1.165, 1.54) is 11.3 Å². The van der Waals surface area contributed by atoms with E-state index in [9.17, 15) is 9.90 Å². The molecule has 0 aliphatic carbocycles. The Bertz CT molecular complexity index is 487. The monoisotopic (exact) mass is 298 g/mol. The van der Waals surface area contributed by atoms with E-state index in [1.807, 2.05) is 0 Å². The second-order valence-corrected chi connectivity index (χ2v) is 6.49. The summed E-state index contributed by atoms with van der Waals surface area (Å²) in [6.07, 6.45) is 2.51. The van der Waals surface area contributed by atoms with Gasteiger partial charge in [-0.15, -0.1) is 0 Å². The number of nitrogen functional groups attached to an aromatic ring is 1. The third kappa shape index (κ3) is 3.40. The highest BCUT2D eigenvalue weighted by Crippen LogP contribution is 2.29. The van der Waals surface area contributed by atoms with Crippen molar-refractivity contribution in [1.82, 2.24) is 9.88 Å². The predicted octanol–water partition coefficient (Wildman–Crippen LogP) is 1.53. The van der Waals surface area contributed by atoms with Crippen LogP contribution in [0.3, 0.4) is 0 Å². The fourth-order valence-corrected chi connectivity index (χ4v) is 3.21. The van der Waals surface area contributed by atoms with Crippen LogP contribution in [0.25, 0.3) is 0 Å². The molecule has 1 atom stereocenters. The number of hydrogen-bond donors (Lipinski definition) is 3. The van der Waals surface area contributed by atoms with Gasteiger partial charge in [0, 0.05) is 19.6 Å². The lowest BCUT2D eigenvalue weighted by Gasteiger charge is -2.36. The van der Waals surface area contributed by atoms with E-state index in [2.05, 4.69) is 17.2 Å². The van der Waals surface area contributed by atoms with Gasteiger partial charge in [0.2, 0.25) is 0 Å². The zero-order valence-electron chi connectivity index (χ0n) is 12.0. The highest BCUT2D eigenvalue weighted by atomic mass is 32.1. The molecule has 1 unspecified atom stereocenters. The van der Waals surface area contributed by atoms with Crippen LogP contribution in [0.15, 0.2) is 0 Å². The maximum atomic E-state index is 12.5. The SMILES string of the molecule is CCCNc1nc(N)c(C(=O)N2CCCC(C)(O)C2)s1. The molecule has 0 aromatic carbocycles. The molecule has 2 heterocycles. The molecule has 1 aromatic rings. The van der Waals surface area contributed by atoms with Gasteiger partial charge in [-0.2, -0.15) is 0 Å². The fourth-order valence-electron chi connectivity index (χ4n) is 2.33. The Labute approximate surface area is 123 Å². The number of piperidine rings is 1. The first-order valence-corrected chi connectivity index (χ1v) is 7.76. The number of β-amino-alcohol motifs (C(OH)–C–C–N with tert-alkyl or cyclic N) is 1. The summed E-state index contributed by atoms with van der Waals surface area (Å²) in [6, 6.07) is 0. The Morgan fingerprint density at radius 3 is 3.05 bits per heavy atom. The molecule has 0 radical (unpaired) electrons. The normalized spacial score (nSPS) is 22.9. The van der Waals surface area contributed by atoms with Crippen molar-refractivity contribution in [2.24, 2.45) is 0 Å². The van der Waals surface area contributed by atoms with Crippen LogP contribution in [0.5, 0.6) is 0 Å². The first-order valence-electron chi connectivity index (χ1n) is 6.95. The maximum Gasteiger partial charge on any atom is 0.267 e. The average Bonchev–Trinajstić information content (AvgIpc) is 2.75. The van der Waals surface area contributed by atoms with Crippen LogP contribution in [-0.2, 0) is 0 Å². The van der Waals surface area contributed by atoms with Crippen LogP contribution >= 0.6 is 11.3 Å². The first kappa shape index (κ1) is 15.1. The number of aromatic nitrogens is 1. The minimum absolute atomic E-state index is 0.135. The van der Waals surface area contributed by atoms with E-state index >= 15 is 0 Å². The number of rotatable bonds is 4. The Kier molecular flexibility index (Phi) is 4.49. The minimum Gasteiger partial charge on any atom is -0.388 e. The molecular formula is C13H22N4O2S.